The minimum atomic E-state index is -0.874. The number of rotatable bonds is 10. The molecule has 0 saturated heterocycles. The molecule has 2 amide bonds. The van der Waals surface area contributed by atoms with E-state index in [1.165, 1.54) is 0 Å². The van der Waals surface area contributed by atoms with Gasteiger partial charge in [-0.3, -0.25) is 9.59 Å². The number of nitrogens with zero attached hydrogens (tertiary/aromatic N) is 4. The summed E-state index contributed by atoms with van der Waals surface area (Å²) in [6.07, 6.45) is 4.08. The second-order valence-corrected chi connectivity index (χ2v) is 9.61. The van der Waals surface area contributed by atoms with Crippen molar-refractivity contribution in [2.45, 2.75) is 57.8 Å². The molecule has 1 saturated carbocycles. The van der Waals surface area contributed by atoms with Crippen molar-refractivity contribution in [2.24, 2.45) is 0 Å². The monoisotopic (exact) mass is 511 g/mol. The highest BCUT2D eigenvalue weighted by molar-refractivity contribution is 5.90. The van der Waals surface area contributed by atoms with E-state index in [1.54, 1.807) is 9.58 Å². The zero-order chi connectivity index (χ0) is 26.3. The van der Waals surface area contributed by atoms with Gasteiger partial charge in [0.05, 0.1) is 12.1 Å². The fourth-order valence-electron chi connectivity index (χ4n) is 5.15. The lowest BCUT2D eigenvalue weighted by Gasteiger charge is -2.33. The maximum absolute atomic E-state index is 14.1. The van der Waals surface area contributed by atoms with Crippen molar-refractivity contribution in [2.75, 3.05) is 6.61 Å². The fourth-order valence-corrected chi connectivity index (χ4v) is 5.15. The molecule has 4 aromatic rings. The first-order valence-electron chi connectivity index (χ1n) is 13.3. The fraction of sp³-hybridized carbons (Fsp3) is 0.333. The predicted octanol–water partition coefficient (Wildman–Crippen LogP) is 4.66. The number of carbonyl (C=O) groups is 2. The van der Waals surface area contributed by atoms with Gasteiger partial charge in [-0.25, -0.2) is 4.68 Å². The minimum absolute atomic E-state index is 0.0443. The number of benzene rings is 3. The third kappa shape index (κ3) is 5.69. The largest absolute Gasteiger partial charge is 0.494 e. The second kappa shape index (κ2) is 11.9. The van der Waals surface area contributed by atoms with Crippen LogP contribution in [-0.2, 0) is 22.7 Å². The smallest absolute Gasteiger partial charge is 0.247 e. The van der Waals surface area contributed by atoms with Crippen molar-refractivity contribution < 1.29 is 14.3 Å². The molecule has 8 nitrogen and oxygen atoms in total. The number of hydrogen-bond acceptors (Lipinski definition) is 5. The number of fused-ring (bicyclic) bond motifs is 1. The van der Waals surface area contributed by atoms with Crippen LogP contribution in [0.25, 0.3) is 11.0 Å². The third-order valence-electron chi connectivity index (χ3n) is 7.00. The highest BCUT2D eigenvalue weighted by Crippen LogP contribution is 2.32. The Morgan fingerprint density at radius 3 is 2.50 bits per heavy atom. The number of ether oxygens (including phenoxy) is 1. The summed E-state index contributed by atoms with van der Waals surface area (Å²) < 4.78 is 7.53. The van der Waals surface area contributed by atoms with E-state index >= 15 is 0 Å². The van der Waals surface area contributed by atoms with E-state index in [2.05, 4.69) is 15.6 Å². The maximum Gasteiger partial charge on any atom is 0.247 e. The molecule has 38 heavy (non-hydrogen) atoms. The van der Waals surface area contributed by atoms with Crippen molar-refractivity contribution in [3.05, 3.63) is 90.0 Å². The van der Waals surface area contributed by atoms with E-state index in [4.69, 9.17) is 4.74 Å². The van der Waals surface area contributed by atoms with E-state index in [0.717, 1.165) is 36.8 Å². The van der Waals surface area contributed by atoms with E-state index in [0.29, 0.717) is 23.4 Å². The molecule has 3 aromatic carbocycles. The number of nitrogens with one attached hydrogen (secondary N) is 1. The van der Waals surface area contributed by atoms with Gasteiger partial charge in [0.25, 0.3) is 0 Å². The summed E-state index contributed by atoms with van der Waals surface area (Å²) in [5.74, 6) is 0.165. The molecule has 0 spiro atoms. The summed E-state index contributed by atoms with van der Waals surface area (Å²) in [6.45, 7) is 2.57. The Morgan fingerprint density at radius 2 is 1.71 bits per heavy atom. The summed E-state index contributed by atoms with van der Waals surface area (Å²) in [4.78, 5) is 29.8. The molecule has 1 atom stereocenters. The molecule has 1 aromatic heterocycles. The Balaban J connectivity index is 1.55. The Bertz CT molecular complexity index is 1380. The Kier molecular flexibility index (Phi) is 7.97. The van der Waals surface area contributed by atoms with Crippen molar-refractivity contribution in [3.8, 4) is 5.75 Å². The molecule has 1 fully saturated rings. The molecule has 1 aliphatic rings. The second-order valence-electron chi connectivity index (χ2n) is 9.61. The molecule has 8 heteroatoms. The van der Waals surface area contributed by atoms with Crippen molar-refractivity contribution in [1.82, 2.24) is 25.2 Å². The lowest BCUT2D eigenvalue weighted by atomic mass is 10.0. The zero-order valence-corrected chi connectivity index (χ0v) is 21.6. The van der Waals surface area contributed by atoms with E-state index in [1.807, 2.05) is 85.8 Å². The topological polar surface area (TPSA) is 89.4 Å². The van der Waals surface area contributed by atoms with Crippen LogP contribution in [0.2, 0.25) is 0 Å². The van der Waals surface area contributed by atoms with Gasteiger partial charge in [-0.05, 0) is 43.5 Å². The molecule has 1 heterocycles. The van der Waals surface area contributed by atoms with Gasteiger partial charge in [-0.2, -0.15) is 0 Å². The highest BCUT2D eigenvalue weighted by atomic mass is 16.5. The number of amides is 2. The van der Waals surface area contributed by atoms with Crippen LogP contribution in [-0.4, -0.2) is 44.4 Å². The van der Waals surface area contributed by atoms with Gasteiger partial charge in [-0.1, -0.05) is 78.7 Å². The molecule has 0 aliphatic heterocycles. The average Bonchev–Trinajstić information content (AvgIpc) is 3.60. The highest BCUT2D eigenvalue weighted by Gasteiger charge is 2.35. The lowest BCUT2D eigenvalue weighted by molar-refractivity contribution is -0.142. The van der Waals surface area contributed by atoms with Gasteiger partial charge in [-0.15, -0.1) is 5.10 Å². The number of carbonyl (C=O) groups excluding carboxylic acids is 2. The van der Waals surface area contributed by atoms with Crippen molar-refractivity contribution in [3.63, 3.8) is 0 Å². The quantitative estimate of drug-likeness (QED) is 0.335. The summed E-state index contributed by atoms with van der Waals surface area (Å²) in [6, 6.07) is 24.0. The summed E-state index contributed by atoms with van der Waals surface area (Å²) in [5, 5.41) is 11.7. The normalized spacial score (nSPS) is 14.3. The van der Waals surface area contributed by atoms with Crippen LogP contribution in [0.3, 0.4) is 0 Å². The molecule has 196 valence electrons. The molecular weight excluding hydrogens is 478 g/mol. The molecule has 0 bridgehead atoms. The van der Waals surface area contributed by atoms with Gasteiger partial charge in [0, 0.05) is 18.2 Å². The van der Waals surface area contributed by atoms with Crippen LogP contribution in [0.4, 0.5) is 0 Å². The number of aromatic nitrogens is 3. The van der Waals surface area contributed by atoms with E-state index < -0.39 is 6.04 Å². The van der Waals surface area contributed by atoms with Crippen molar-refractivity contribution >= 4 is 22.8 Å². The standard InChI is InChI=1S/C30H33N5O3/c1-2-38-27-19-11-8-16-24(27)29(30(37)31-23-14-6-7-15-23)34(20-22-12-4-3-5-13-22)28(36)21-35-26-18-10-9-17-25(26)32-33-35/h3-5,8-13,16-19,23,29H,2,6-7,14-15,20-21H2,1H3,(H,31,37)/t29-/m0/s1. The van der Waals surface area contributed by atoms with E-state index in [9.17, 15) is 9.59 Å². The van der Waals surface area contributed by atoms with E-state index in [-0.39, 0.29) is 30.9 Å². The molecule has 0 radical (unpaired) electrons. The average molecular weight is 512 g/mol. The van der Waals surface area contributed by atoms with Crippen LogP contribution in [0, 0.1) is 0 Å². The molecule has 5 rings (SSSR count). The van der Waals surface area contributed by atoms with Crippen LogP contribution >= 0.6 is 0 Å². The minimum Gasteiger partial charge on any atom is -0.494 e. The predicted molar refractivity (Wildman–Crippen MR) is 145 cm³/mol. The Labute approximate surface area is 222 Å². The SMILES string of the molecule is CCOc1ccccc1[C@@H](C(=O)NC1CCCC1)N(Cc1ccccc1)C(=O)Cn1nnc2ccccc21. The van der Waals surface area contributed by atoms with Crippen LogP contribution in [0.15, 0.2) is 78.9 Å². The van der Waals surface area contributed by atoms with Crippen LogP contribution in [0.5, 0.6) is 5.75 Å². The van der Waals surface area contributed by atoms with Crippen LogP contribution in [0.1, 0.15) is 49.8 Å². The first-order valence-corrected chi connectivity index (χ1v) is 13.3. The summed E-state index contributed by atoms with van der Waals surface area (Å²) in [5.41, 5.74) is 3.07. The first kappa shape index (κ1) is 25.4. The van der Waals surface area contributed by atoms with Gasteiger partial charge >= 0.3 is 0 Å². The molecule has 1 aliphatic carbocycles. The molecule has 0 unspecified atom stereocenters. The zero-order valence-electron chi connectivity index (χ0n) is 21.6. The van der Waals surface area contributed by atoms with Gasteiger partial charge < -0.3 is 15.0 Å². The van der Waals surface area contributed by atoms with Gasteiger partial charge in [0.2, 0.25) is 11.8 Å². The number of para-hydroxylation sites is 2. The lowest BCUT2D eigenvalue weighted by Crippen LogP contribution is -2.46. The maximum atomic E-state index is 14.1. The summed E-state index contributed by atoms with van der Waals surface area (Å²) in [7, 11) is 0. The van der Waals surface area contributed by atoms with Gasteiger partial charge in [0.1, 0.15) is 23.9 Å². The van der Waals surface area contributed by atoms with Gasteiger partial charge in [0.15, 0.2) is 0 Å². The number of hydrogen-bond donors (Lipinski definition) is 1. The molecule has 1 N–H and O–H groups in total. The first-order chi connectivity index (χ1) is 18.6. The van der Waals surface area contributed by atoms with Crippen molar-refractivity contribution in [1.29, 1.82) is 0 Å². The van der Waals surface area contributed by atoms with Crippen LogP contribution < -0.4 is 10.1 Å². The Hall–Kier alpha value is -4.20. The molecular formula is C30H33N5O3. The summed E-state index contributed by atoms with van der Waals surface area (Å²) >= 11 is 0. The third-order valence-corrected chi connectivity index (χ3v) is 7.00. The Morgan fingerprint density at radius 1 is 1.00 bits per heavy atom.